The van der Waals surface area contributed by atoms with Crippen LogP contribution in [0.5, 0.6) is 0 Å². The first-order chi connectivity index (χ1) is 14.2. The Bertz CT molecular complexity index is 964. The van der Waals surface area contributed by atoms with Gasteiger partial charge in [-0.1, -0.05) is 36.4 Å². The lowest BCUT2D eigenvalue weighted by Crippen LogP contribution is -2.16. The van der Waals surface area contributed by atoms with Crippen LogP contribution in [0.1, 0.15) is 16.7 Å². The van der Waals surface area contributed by atoms with Crippen LogP contribution in [0.3, 0.4) is 0 Å². The third-order valence-corrected chi connectivity index (χ3v) is 4.81. The van der Waals surface area contributed by atoms with Crippen molar-refractivity contribution in [1.29, 1.82) is 0 Å². The molecule has 6 nitrogen and oxygen atoms in total. The number of benzene rings is 2. The summed E-state index contributed by atoms with van der Waals surface area (Å²) in [7, 11) is 1.70. The van der Waals surface area contributed by atoms with Crippen molar-refractivity contribution >= 4 is 22.9 Å². The van der Waals surface area contributed by atoms with Crippen LogP contribution in [0.25, 0.3) is 17.0 Å². The summed E-state index contributed by atoms with van der Waals surface area (Å²) in [5.74, 6) is -0.550. The predicted octanol–water partition coefficient (Wildman–Crippen LogP) is 3.14. The number of rotatable bonds is 10. The molecule has 0 aliphatic carbocycles. The molecule has 0 unspecified atom stereocenters. The number of nitrogens with zero attached hydrogens (tertiary/aromatic N) is 1. The van der Waals surface area contributed by atoms with Gasteiger partial charge in [0.2, 0.25) is 0 Å². The zero-order chi connectivity index (χ0) is 20.5. The Labute approximate surface area is 170 Å². The minimum absolute atomic E-state index is 0.550. The van der Waals surface area contributed by atoms with Crippen molar-refractivity contribution in [1.82, 2.24) is 15.4 Å². The van der Waals surface area contributed by atoms with Crippen molar-refractivity contribution in [3.05, 3.63) is 77.5 Å². The molecule has 0 radical (unpaired) electrons. The molecule has 1 aromatic heterocycles. The molecule has 6 heteroatoms. The number of hydrogen-bond acceptors (Lipinski definition) is 4. The smallest absolute Gasteiger partial charge is 0.267 e. The summed E-state index contributed by atoms with van der Waals surface area (Å²) in [4.78, 5) is 11.3. The van der Waals surface area contributed by atoms with Crippen LogP contribution >= 0.6 is 0 Å². The zero-order valence-corrected chi connectivity index (χ0v) is 16.6. The lowest BCUT2D eigenvalue weighted by Gasteiger charge is -2.05. The van der Waals surface area contributed by atoms with Gasteiger partial charge in [-0.15, -0.1) is 0 Å². The highest BCUT2D eigenvalue weighted by Gasteiger charge is 2.09. The second-order valence-electron chi connectivity index (χ2n) is 6.84. The summed E-state index contributed by atoms with van der Waals surface area (Å²) in [6, 6.07) is 16.5. The van der Waals surface area contributed by atoms with Crippen LogP contribution in [0.2, 0.25) is 0 Å². The van der Waals surface area contributed by atoms with Crippen LogP contribution in [0.4, 0.5) is 0 Å². The van der Waals surface area contributed by atoms with Gasteiger partial charge in [-0.25, -0.2) is 5.48 Å². The number of hydroxylamine groups is 1. The maximum Gasteiger partial charge on any atom is 0.267 e. The molecule has 0 saturated heterocycles. The van der Waals surface area contributed by atoms with Crippen LogP contribution in [-0.4, -0.2) is 35.9 Å². The molecule has 0 fully saturated rings. The van der Waals surface area contributed by atoms with Crippen molar-refractivity contribution in [2.45, 2.75) is 19.5 Å². The number of amides is 1. The topological polar surface area (TPSA) is 75.5 Å². The van der Waals surface area contributed by atoms with Crippen molar-refractivity contribution in [2.24, 2.45) is 0 Å². The lowest BCUT2D eigenvalue weighted by molar-refractivity contribution is -0.124. The molecule has 29 heavy (non-hydrogen) atoms. The second kappa shape index (κ2) is 10.6. The van der Waals surface area contributed by atoms with E-state index in [-0.39, 0.29) is 0 Å². The molecule has 0 bridgehead atoms. The van der Waals surface area contributed by atoms with Gasteiger partial charge in [-0.3, -0.25) is 10.0 Å². The molecule has 3 rings (SSSR count). The standard InChI is InChI=1S/C23H27N3O3/c1-29-14-13-26-17-20(16-24-12-11-18-5-3-2-4-6-18)21-15-19(7-9-22(21)26)8-10-23(27)25-28/h2-10,15,17,24,28H,11-14,16H2,1H3,(H,25,27)/b10-8+. The third kappa shape index (κ3) is 5.77. The molecule has 1 heterocycles. The Morgan fingerprint density at radius 2 is 2.03 bits per heavy atom. The summed E-state index contributed by atoms with van der Waals surface area (Å²) < 4.78 is 7.43. The summed E-state index contributed by atoms with van der Waals surface area (Å²) in [6.07, 6.45) is 6.13. The van der Waals surface area contributed by atoms with E-state index < -0.39 is 5.91 Å². The SMILES string of the molecule is COCCn1cc(CNCCc2ccccc2)c2cc(/C=C/C(=O)NO)ccc21. The summed E-state index contributed by atoms with van der Waals surface area (Å²) in [5.41, 5.74) is 6.15. The van der Waals surface area contributed by atoms with Gasteiger partial charge in [0.15, 0.2) is 0 Å². The van der Waals surface area contributed by atoms with Crippen LogP contribution in [-0.2, 0) is 29.0 Å². The fourth-order valence-electron chi connectivity index (χ4n) is 3.32. The highest BCUT2D eigenvalue weighted by atomic mass is 16.5. The number of nitrogens with one attached hydrogen (secondary N) is 2. The fourth-order valence-corrected chi connectivity index (χ4v) is 3.32. The molecule has 152 valence electrons. The highest BCUT2D eigenvalue weighted by molar-refractivity contribution is 5.92. The van der Waals surface area contributed by atoms with Gasteiger partial charge in [-0.05, 0) is 47.9 Å². The normalized spacial score (nSPS) is 11.4. The van der Waals surface area contributed by atoms with E-state index in [1.165, 1.54) is 17.2 Å². The van der Waals surface area contributed by atoms with E-state index in [0.717, 1.165) is 42.5 Å². The second-order valence-corrected chi connectivity index (χ2v) is 6.84. The molecular formula is C23H27N3O3. The van der Waals surface area contributed by atoms with Crippen LogP contribution in [0.15, 0.2) is 60.8 Å². The minimum Gasteiger partial charge on any atom is -0.383 e. The molecule has 0 spiro atoms. The molecule has 0 atom stereocenters. The van der Waals surface area contributed by atoms with E-state index in [1.54, 1.807) is 18.7 Å². The van der Waals surface area contributed by atoms with Gasteiger partial charge in [0.25, 0.3) is 5.91 Å². The average molecular weight is 393 g/mol. The van der Waals surface area contributed by atoms with Crippen LogP contribution in [0, 0.1) is 0 Å². The van der Waals surface area contributed by atoms with Crippen molar-refractivity contribution < 1.29 is 14.7 Å². The molecule has 0 saturated carbocycles. The van der Waals surface area contributed by atoms with E-state index in [1.807, 2.05) is 12.1 Å². The first-order valence-corrected chi connectivity index (χ1v) is 9.68. The molecule has 3 aromatic rings. The van der Waals surface area contributed by atoms with E-state index in [4.69, 9.17) is 9.94 Å². The average Bonchev–Trinajstić information content (AvgIpc) is 3.11. The van der Waals surface area contributed by atoms with Gasteiger partial charge in [0, 0.05) is 43.4 Å². The molecular weight excluding hydrogens is 366 g/mol. The first kappa shape index (κ1) is 20.8. The van der Waals surface area contributed by atoms with Crippen molar-refractivity contribution in [3.8, 4) is 0 Å². The van der Waals surface area contributed by atoms with E-state index >= 15 is 0 Å². The predicted molar refractivity (Wildman–Crippen MR) is 115 cm³/mol. The molecule has 1 amide bonds. The minimum atomic E-state index is -0.550. The quantitative estimate of drug-likeness (QED) is 0.214. The summed E-state index contributed by atoms with van der Waals surface area (Å²) in [6.45, 7) is 3.07. The number of ether oxygens (including phenoxy) is 1. The number of methoxy groups -OCH3 is 1. The first-order valence-electron chi connectivity index (χ1n) is 9.68. The van der Waals surface area contributed by atoms with E-state index in [9.17, 15) is 4.79 Å². The van der Waals surface area contributed by atoms with Gasteiger partial charge in [-0.2, -0.15) is 0 Å². The zero-order valence-electron chi connectivity index (χ0n) is 16.6. The Hall–Kier alpha value is -2.93. The number of carbonyl (C=O) groups excluding carboxylic acids is 1. The molecule has 2 aromatic carbocycles. The number of carbonyl (C=O) groups is 1. The summed E-state index contributed by atoms with van der Waals surface area (Å²) in [5, 5.41) is 13.3. The fraction of sp³-hybridized carbons (Fsp3) is 0.261. The molecule has 0 aliphatic rings. The number of fused-ring (bicyclic) bond motifs is 1. The Morgan fingerprint density at radius 3 is 2.79 bits per heavy atom. The largest absolute Gasteiger partial charge is 0.383 e. The maximum absolute atomic E-state index is 11.3. The number of aromatic nitrogens is 1. The molecule has 3 N–H and O–H groups in total. The van der Waals surface area contributed by atoms with Gasteiger partial charge < -0.3 is 14.6 Å². The van der Waals surface area contributed by atoms with Crippen LogP contribution < -0.4 is 10.8 Å². The number of hydrogen-bond donors (Lipinski definition) is 3. The third-order valence-electron chi connectivity index (χ3n) is 4.81. The summed E-state index contributed by atoms with van der Waals surface area (Å²) >= 11 is 0. The molecule has 0 aliphatic heterocycles. The lowest BCUT2D eigenvalue weighted by atomic mass is 10.1. The van der Waals surface area contributed by atoms with Gasteiger partial charge in [0.05, 0.1) is 6.61 Å². The Kier molecular flexibility index (Phi) is 7.58. The van der Waals surface area contributed by atoms with Crippen molar-refractivity contribution in [2.75, 3.05) is 20.3 Å². The van der Waals surface area contributed by atoms with E-state index in [0.29, 0.717) is 6.61 Å². The van der Waals surface area contributed by atoms with E-state index in [2.05, 4.69) is 52.5 Å². The Balaban J connectivity index is 1.75. The Morgan fingerprint density at radius 1 is 1.21 bits per heavy atom. The van der Waals surface area contributed by atoms with Gasteiger partial charge >= 0.3 is 0 Å². The van der Waals surface area contributed by atoms with Crippen molar-refractivity contribution in [3.63, 3.8) is 0 Å². The highest BCUT2D eigenvalue weighted by Crippen LogP contribution is 2.24. The van der Waals surface area contributed by atoms with Gasteiger partial charge in [0.1, 0.15) is 0 Å². The maximum atomic E-state index is 11.3. The monoisotopic (exact) mass is 393 g/mol.